The van der Waals surface area contributed by atoms with Crippen molar-refractivity contribution in [1.29, 1.82) is 0 Å². The van der Waals surface area contributed by atoms with E-state index in [4.69, 9.17) is 9.47 Å². The third kappa shape index (κ3) is 5.41. The highest BCUT2D eigenvalue weighted by molar-refractivity contribution is 5.91. The molecule has 2 atom stereocenters. The number of aromatic carboxylic acids is 1. The third-order valence-electron chi connectivity index (χ3n) is 5.84. The highest BCUT2D eigenvalue weighted by Crippen LogP contribution is 2.38. The van der Waals surface area contributed by atoms with E-state index in [1.54, 1.807) is 13.2 Å². The van der Waals surface area contributed by atoms with Gasteiger partial charge in [0.2, 0.25) is 0 Å². The number of aryl methyl sites for hydroxylation is 1. The molecule has 0 aromatic heterocycles. The Hall–Kier alpha value is -3.22. The highest BCUT2D eigenvalue weighted by Gasteiger charge is 2.27. The number of carbonyl (C=O) groups is 1. The normalized spacial score (nSPS) is 15.6. The van der Waals surface area contributed by atoms with Crippen LogP contribution < -0.4 is 19.7 Å². The number of nitrogens with zero attached hydrogens (tertiary/aromatic N) is 1. The highest BCUT2D eigenvalue weighted by atomic mass is 35.5. The summed E-state index contributed by atoms with van der Waals surface area (Å²) >= 11 is 0. The van der Waals surface area contributed by atoms with Crippen LogP contribution in [0.25, 0.3) is 0 Å². The van der Waals surface area contributed by atoms with Crippen LogP contribution in [0, 0.1) is 6.92 Å². The van der Waals surface area contributed by atoms with E-state index in [1.165, 1.54) is 0 Å². The fourth-order valence-electron chi connectivity index (χ4n) is 3.99. The van der Waals surface area contributed by atoms with Gasteiger partial charge in [-0.3, -0.25) is 0 Å². The molecule has 0 amide bonds. The molecule has 1 aliphatic heterocycles. The molecular formula is C26H29ClN2O4. The van der Waals surface area contributed by atoms with Crippen LogP contribution in [-0.4, -0.2) is 37.4 Å². The topological polar surface area (TPSA) is 71.0 Å². The molecule has 3 aromatic rings. The Bertz CT molecular complexity index is 1120. The average molecular weight is 469 g/mol. The molecule has 174 valence electrons. The number of hydrogen-bond donors (Lipinski definition) is 2. The van der Waals surface area contributed by atoms with Crippen molar-refractivity contribution >= 4 is 29.8 Å². The molecule has 4 rings (SSSR count). The van der Waals surface area contributed by atoms with Crippen LogP contribution in [0.15, 0.2) is 66.7 Å². The lowest BCUT2D eigenvalue weighted by Gasteiger charge is -2.37. The Labute approximate surface area is 200 Å². The van der Waals surface area contributed by atoms with Gasteiger partial charge < -0.3 is 24.8 Å². The first-order valence-corrected chi connectivity index (χ1v) is 10.7. The zero-order valence-electron chi connectivity index (χ0n) is 18.9. The van der Waals surface area contributed by atoms with Gasteiger partial charge in [0.25, 0.3) is 0 Å². The molecule has 1 unspecified atom stereocenters. The third-order valence-corrected chi connectivity index (χ3v) is 5.84. The lowest BCUT2D eigenvalue weighted by molar-refractivity contribution is 0.0696. The number of benzene rings is 3. The van der Waals surface area contributed by atoms with E-state index in [2.05, 4.69) is 23.2 Å². The van der Waals surface area contributed by atoms with Gasteiger partial charge in [0, 0.05) is 18.3 Å². The van der Waals surface area contributed by atoms with Gasteiger partial charge in [-0.05, 0) is 61.4 Å². The largest absolute Gasteiger partial charge is 0.497 e. The number of rotatable bonds is 7. The zero-order valence-corrected chi connectivity index (χ0v) is 19.8. The van der Waals surface area contributed by atoms with Crippen molar-refractivity contribution in [2.45, 2.75) is 26.0 Å². The van der Waals surface area contributed by atoms with Crippen molar-refractivity contribution in [3.8, 4) is 11.5 Å². The van der Waals surface area contributed by atoms with Crippen molar-refractivity contribution in [2.24, 2.45) is 0 Å². The minimum atomic E-state index is -0.920. The zero-order chi connectivity index (χ0) is 22.7. The molecule has 6 nitrogen and oxygen atoms in total. The van der Waals surface area contributed by atoms with E-state index in [-0.39, 0.29) is 24.6 Å². The molecule has 1 heterocycles. The first kappa shape index (κ1) is 24.4. The monoisotopic (exact) mass is 468 g/mol. The van der Waals surface area contributed by atoms with Crippen LogP contribution in [-0.2, 0) is 0 Å². The summed E-state index contributed by atoms with van der Waals surface area (Å²) in [6.07, 6.45) is -0.104. The molecule has 0 fully saturated rings. The number of fused-ring (bicyclic) bond motifs is 1. The number of para-hydroxylation sites is 2. The molecule has 0 spiro atoms. The van der Waals surface area contributed by atoms with Crippen LogP contribution in [0.4, 0.5) is 11.4 Å². The van der Waals surface area contributed by atoms with Crippen molar-refractivity contribution in [1.82, 2.24) is 5.32 Å². The van der Waals surface area contributed by atoms with Crippen LogP contribution in [0.2, 0.25) is 0 Å². The van der Waals surface area contributed by atoms with Crippen LogP contribution in [0.3, 0.4) is 0 Å². The number of halogens is 1. The number of ether oxygens (including phenoxy) is 2. The maximum Gasteiger partial charge on any atom is 0.336 e. The summed E-state index contributed by atoms with van der Waals surface area (Å²) in [4.78, 5) is 13.8. The van der Waals surface area contributed by atoms with E-state index in [9.17, 15) is 9.90 Å². The number of methoxy groups -OCH3 is 1. The number of anilines is 2. The molecule has 3 aromatic carbocycles. The fourth-order valence-corrected chi connectivity index (χ4v) is 3.99. The predicted molar refractivity (Wildman–Crippen MR) is 133 cm³/mol. The smallest absolute Gasteiger partial charge is 0.336 e. The Morgan fingerprint density at radius 2 is 1.97 bits per heavy atom. The van der Waals surface area contributed by atoms with Gasteiger partial charge in [-0.1, -0.05) is 30.3 Å². The second-order valence-corrected chi connectivity index (χ2v) is 8.03. The van der Waals surface area contributed by atoms with Gasteiger partial charge in [-0.2, -0.15) is 0 Å². The molecule has 0 aliphatic carbocycles. The SMILES string of the molecule is COc1cccc([C@@H](C)NCC2CN(c3ccc(C)c(C(=O)O)c3)c3ccccc3O2)c1.Cl. The summed E-state index contributed by atoms with van der Waals surface area (Å²) in [5.74, 6) is 0.701. The van der Waals surface area contributed by atoms with Crippen LogP contribution in [0.1, 0.15) is 34.5 Å². The Balaban J connectivity index is 0.00000306. The van der Waals surface area contributed by atoms with E-state index >= 15 is 0 Å². The Morgan fingerprint density at radius 1 is 1.18 bits per heavy atom. The van der Waals surface area contributed by atoms with E-state index in [0.717, 1.165) is 34.0 Å². The van der Waals surface area contributed by atoms with Gasteiger partial charge in [-0.15, -0.1) is 12.4 Å². The standard InChI is InChI=1S/C26H28N2O4.ClH/c1-17-11-12-20(14-23(17)26(29)30)28-16-22(32-25-10-5-4-9-24(25)28)15-27-18(2)19-7-6-8-21(13-19)31-3;/h4-14,18,22,27H,15-16H2,1-3H3,(H,29,30);1H/t18-,22?;/m1./s1. The van der Waals surface area contributed by atoms with E-state index in [0.29, 0.717) is 18.7 Å². The van der Waals surface area contributed by atoms with Crippen LogP contribution >= 0.6 is 12.4 Å². The van der Waals surface area contributed by atoms with Crippen molar-refractivity contribution < 1.29 is 19.4 Å². The van der Waals surface area contributed by atoms with Crippen molar-refractivity contribution in [2.75, 3.05) is 25.1 Å². The first-order valence-electron chi connectivity index (χ1n) is 10.7. The minimum absolute atomic E-state index is 0. The van der Waals surface area contributed by atoms with Crippen LogP contribution in [0.5, 0.6) is 11.5 Å². The molecule has 2 N–H and O–H groups in total. The predicted octanol–water partition coefficient (Wildman–Crippen LogP) is 5.37. The maximum absolute atomic E-state index is 11.7. The molecule has 1 aliphatic rings. The van der Waals surface area contributed by atoms with Gasteiger partial charge in [0.15, 0.2) is 0 Å². The Morgan fingerprint density at radius 3 is 2.73 bits per heavy atom. The fraction of sp³-hybridized carbons (Fsp3) is 0.269. The summed E-state index contributed by atoms with van der Waals surface area (Å²) in [6.45, 7) is 5.17. The number of nitrogens with one attached hydrogen (secondary N) is 1. The first-order chi connectivity index (χ1) is 15.5. The molecule has 33 heavy (non-hydrogen) atoms. The molecular weight excluding hydrogens is 440 g/mol. The molecule has 0 bridgehead atoms. The molecule has 0 radical (unpaired) electrons. The molecule has 7 heteroatoms. The average Bonchev–Trinajstić information content (AvgIpc) is 2.82. The lowest BCUT2D eigenvalue weighted by Crippen LogP contribution is -2.44. The summed E-state index contributed by atoms with van der Waals surface area (Å²) in [7, 11) is 1.67. The van der Waals surface area contributed by atoms with Crippen molar-refractivity contribution in [3.05, 3.63) is 83.4 Å². The van der Waals surface area contributed by atoms with Gasteiger partial charge in [0.05, 0.1) is 24.9 Å². The number of carboxylic acids is 1. The van der Waals surface area contributed by atoms with Crippen molar-refractivity contribution in [3.63, 3.8) is 0 Å². The van der Waals surface area contributed by atoms with Gasteiger partial charge in [-0.25, -0.2) is 4.79 Å². The Kier molecular flexibility index (Phi) is 7.84. The summed E-state index contributed by atoms with van der Waals surface area (Å²) < 4.78 is 11.6. The minimum Gasteiger partial charge on any atom is -0.497 e. The molecule has 0 saturated carbocycles. The second-order valence-electron chi connectivity index (χ2n) is 8.03. The number of carboxylic acid groups (broad SMARTS) is 1. The van der Waals surface area contributed by atoms with Gasteiger partial charge in [0.1, 0.15) is 17.6 Å². The summed E-state index contributed by atoms with van der Waals surface area (Å²) in [5.41, 5.74) is 3.97. The second kappa shape index (κ2) is 10.6. The lowest BCUT2D eigenvalue weighted by atomic mass is 10.1. The maximum atomic E-state index is 11.7. The summed E-state index contributed by atoms with van der Waals surface area (Å²) in [6, 6.07) is 21.6. The summed E-state index contributed by atoms with van der Waals surface area (Å²) in [5, 5.41) is 13.1. The number of hydrogen-bond acceptors (Lipinski definition) is 5. The van der Waals surface area contributed by atoms with E-state index < -0.39 is 5.97 Å². The van der Waals surface area contributed by atoms with E-state index in [1.807, 2.05) is 61.5 Å². The quantitative estimate of drug-likeness (QED) is 0.485. The van der Waals surface area contributed by atoms with Gasteiger partial charge >= 0.3 is 5.97 Å². The molecule has 0 saturated heterocycles.